The van der Waals surface area contributed by atoms with Crippen molar-refractivity contribution in [2.24, 2.45) is 0 Å². The van der Waals surface area contributed by atoms with E-state index in [2.05, 4.69) is 5.32 Å². The minimum absolute atomic E-state index is 0.0321. The topological polar surface area (TPSA) is 68.5 Å². The van der Waals surface area contributed by atoms with Crippen molar-refractivity contribution in [1.29, 1.82) is 0 Å². The number of amides is 1. The van der Waals surface area contributed by atoms with Gasteiger partial charge in [0.15, 0.2) is 0 Å². The van der Waals surface area contributed by atoms with Crippen molar-refractivity contribution >= 4 is 22.6 Å². The molecule has 5 nitrogen and oxygen atoms in total. The molecule has 0 aliphatic rings. The number of aryl methyl sites for hydroxylation is 2. The molecule has 1 heterocycles. The minimum atomic E-state index is -0.681. The molecular weight excluding hydrogens is 306 g/mol. The van der Waals surface area contributed by atoms with Crippen LogP contribution in [-0.4, -0.2) is 13.0 Å². The van der Waals surface area contributed by atoms with E-state index in [1.165, 1.54) is 13.2 Å². The summed E-state index contributed by atoms with van der Waals surface area (Å²) in [6, 6.07) is 12.4. The van der Waals surface area contributed by atoms with Crippen molar-refractivity contribution in [2.75, 3.05) is 12.4 Å². The number of carbonyl (C=O) groups is 1. The van der Waals surface area contributed by atoms with Gasteiger partial charge in [0.1, 0.15) is 16.9 Å². The van der Waals surface area contributed by atoms with Crippen LogP contribution >= 0.6 is 0 Å². The molecule has 0 saturated carbocycles. The standard InChI is InChI=1S/C19H17NO4/c1-11-5-4-6-12(2)17(11)20-18(21)15-9-13-7-8-14(23-3)10-16(13)24-19(15)22/h4-10H,1-3H3,(H,20,21). The maximum Gasteiger partial charge on any atom is 0.349 e. The number of hydrogen-bond donors (Lipinski definition) is 1. The van der Waals surface area contributed by atoms with Crippen molar-refractivity contribution in [3.8, 4) is 5.75 Å². The zero-order chi connectivity index (χ0) is 17.3. The second kappa shape index (κ2) is 6.20. The Morgan fingerprint density at radius 2 is 1.79 bits per heavy atom. The van der Waals surface area contributed by atoms with Gasteiger partial charge in [-0.2, -0.15) is 0 Å². The summed E-state index contributed by atoms with van der Waals surface area (Å²) in [5, 5.41) is 3.45. The van der Waals surface area contributed by atoms with Gasteiger partial charge in [0.25, 0.3) is 5.91 Å². The average molecular weight is 323 g/mol. The largest absolute Gasteiger partial charge is 0.497 e. The first-order valence-electron chi connectivity index (χ1n) is 7.49. The average Bonchev–Trinajstić information content (AvgIpc) is 2.57. The predicted molar refractivity (Wildman–Crippen MR) is 92.9 cm³/mol. The molecule has 5 heteroatoms. The van der Waals surface area contributed by atoms with Gasteiger partial charge in [0.05, 0.1) is 7.11 Å². The highest BCUT2D eigenvalue weighted by atomic mass is 16.5. The van der Waals surface area contributed by atoms with E-state index in [4.69, 9.17) is 9.15 Å². The summed E-state index contributed by atoms with van der Waals surface area (Å²) in [6.07, 6.45) is 0. The third kappa shape index (κ3) is 2.88. The van der Waals surface area contributed by atoms with Crippen molar-refractivity contribution in [1.82, 2.24) is 0 Å². The Morgan fingerprint density at radius 1 is 1.08 bits per heavy atom. The zero-order valence-corrected chi connectivity index (χ0v) is 13.7. The molecule has 1 amide bonds. The molecule has 0 bridgehead atoms. The maximum absolute atomic E-state index is 12.5. The fraction of sp³-hybridized carbons (Fsp3) is 0.158. The Balaban J connectivity index is 2.01. The highest BCUT2D eigenvalue weighted by molar-refractivity contribution is 6.06. The maximum atomic E-state index is 12.5. The minimum Gasteiger partial charge on any atom is -0.497 e. The number of fused-ring (bicyclic) bond motifs is 1. The normalized spacial score (nSPS) is 10.6. The Hall–Kier alpha value is -3.08. The van der Waals surface area contributed by atoms with Gasteiger partial charge in [0, 0.05) is 17.1 Å². The summed E-state index contributed by atoms with van der Waals surface area (Å²) < 4.78 is 10.4. The summed E-state index contributed by atoms with van der Waals surface area (Å²) in [5.74, 6) is 0.0947. The summed E-state index contributed by atoms with van der Waals surface area (Å²) in [6.45, 7) is 3.80. The Bertz CT molecular complexity index is 968. The highest BCUT2D eigenvalue weighted by Gasteiger charge is 2.16. The molecule has 122 valence electrons. The lowest BCUT2D eigenvalue weighted by Gasteiger charge is -2.11. The second-order valence-corrected chi connectivity index (χ2v) is 5.57. The molecule has 0 spiro atoms. The van der Waals surface area contributed by atoms with Crippen molar-refractivity contribution in [3.63, 3.8) is 0 Å². The number of para-hydroxylation sites is 1. The summed E-state index contributed by atoms with van der Waals surface area (Å²) >= 11 is 0. The first kappa shape index (κ1) is 15.8. The van der Waals surface area contributed by atoms with Crippen LogP contribution in [0.1, 0.15) is 21.5 Å². The van der Waals surface area contributed by atoms with Gasteiger partial charge in [-0.1, -0.05) is 18.2 Å². The SMILES string of the molecule is COc1ccc2cc(C(=O)Nc3c(C)cccc3C)c(=O)oc2c1. The van der Waals surface area contributed by atoms with Gasteiger partial charge in [-0.3, -0.25) is 4.79 Å². The quantitative estimate of drug-likeness (QED) is 0.747. The van der Waals surface area contributed by atoms with Gasteiger partial charge in [0.2, 0.25) is 0 Å². The molecule has 0 saturated heterocycles. The van der Waals surface area contributed by atoms with Gasteiger partial charge in [-0.15, -0.1) is 0 Å². The molecule has 3 rings (SSSR count). The van der Waals surface area contributed by atoms with Crippen molar-refractivity contribution in [3.05, 3.63) is 69.6 Å². The van der Waals surface area contributed by atoms with Crippen LogP contribution in [0.2, 0.25) is 0 Å². The molecule has 3 aromatic rings. The van der Waals surface area contributed by atoms with Crippen molar-refractivity contribution < 1.29 is 13.9 Å². The van der Waals surface area contributed by atoms with E-state index < -0.39 is 11.5 Å². The van der Waals surface area contributed by atoms with E-state index >= 15 is 0 Å². The monoisotopic (exact) mass is 323 g/mol. The van der Waals surface area contributed by atoms with E-state index in [0.717, 1.165) is 11.1 Å². The molecule has 0 atom stereocenters. The van der Waals surface area contributed by atoms with Gasteiger partial charge < -0.3 is 14.5 Å². The predicted octanol–water partition coefficient (Wildman–Crippen LogP) is 3.67. The van der Waals surface area contributed by atoms with Crippen LogP contribution in [0.3, 0.4) is 0 Å². The van der Waals surface area contributed by atoms with Gasteiger partial charge >= 0.3 is 5.63 Å². The first-order chi connectivity index (χ1) is 11.5. The number of rotatable bonds is 3. The fourth-order valence-corrected chi connectivity index (χ4v) is 2.57. The van der Waals surface area contributed by atoms with Gasteiger partial charge in [-0.05, 0) is 43.2 Å². The van der Waals surface area contributed by atoms with Crippen LogP contribution in [0.25, 0.3) is 11.0 Å². The summed E-state index contributed by atoms with van der Waals surface area (Å²) in [4.78, 5) is 24.7. The molecule has 1 aromatic heterocycles. The van der Waals surface area contributed by atoms with E-state index in [9.17, 15) is 9.59 Å². The highest BCUT2D eigenvalue weighted by Crippen LogP contribution is 2.22. The number of hydrogen-bond acceptors (Lipinski definition) is 4. The molecule has 0 fully saturated rings. The summed E-state index contributed by atoms with van der Waals surface area (Å²) in [5.41, 5.74) is 2.23. The summed E-state index contributed by atoms with van der Waals surface area (Å²) in [7, 11) is 1.53. The Morgan fingerprint density at radius 3 is 2.46 bits per heavy atom. The molecule has 2 aromatic carbocycles. The number of ether oxygens (including phenoxy) is 1. The molecule has 0 unspecified atom stereocenters. The number of nitrogens with one attached hydrogen (secondary N) is 1. The molecule has 0 aliphatic heterocycles. The van der Waals surface area contributed by atoms with Crippen LogP contribution in [0.5, 0.6) is 5.75 Å². The van der Waals surface area contributed by atoms with E-state index in [1.54, 1.807) is 18.2 Å². The third-order valence-electron chi connectivity index (χ3n) is 3.91. The molecule has 1 N–H and O–H groups in total. The van der Waals surface area contributed by atoms with Crippen LogP contribution in [0.4, 0.5) is 5.69 Å². The molecular formula is C19H17NO4. The fourth-order valence-electron chi connectivity index (χ4n) is 2.57. The van der Waals surface area contributed by atoms with E-state index in [0.29, 0.717) is 22.4 Å². The second-order valence-electron chi connectivity index (χ2n) is 5.57. The van der Waals surface area contributed by atoms with Crippen molar-refractivity contribution in [2.45, 2.75) is 13.8 Å². The zero-order valence-electron chi connectivity index (χ0n) is 13.7. The van der Waals surface area contributed by atoms with Crippen LogP contribution < -0.4 is 15.7 Å². The lowest BCUT2D eigenvalue weighted by molar-refractivity contribution is 0.102. The lowest BCUT2D eigenvalue weighted by atomic mass is 10.1. The smallest absolute Gasteiger partial charge is 0.349 e. The number of carbonyl (C=O) groups excluding carboxylic acids is 1. The van der Waals surface area contributed by atoms with Crippen LogP contribution in [0, 0.1) is 13.8 Å². The van der Waals surface area contributed by atoms with E-state index in [-0.39, 0.29) is 5.56 Å². The third-order valence-corrected chi connectivity index (χ3v) is 3.91. The van der Waals surface area contributed by atoms with E-state index in [1.807, 2.05) is 32.0 Å². The molecule has 0 radical (unpaired) electrons. The number of anilines is 1. The van der Waals surface area contributed by atoms with Crippen LogP contribution in [-0.2, 0) is 0 Å². The molecule has 0 aliphatic carbocycles. The van der Waals surface area contributed by atoms with Crippen LogP contribution in [0.15, 0.2) is 51.7 Å². The Labute approximate surface area is 138 Å². The lowest BCUT2D eigenvalue weighted by Crippen LogP contribution is -2.21. The number of methoxy groups -OCH3 is 1. The van der Waals surface area contributed by atoms with Gasteiger partial charge in [-0.25, -0.2) is 4.79 Å². The Kier molecular flexibility index (Phi) is 4.08. The first-order valence-corrected chi connectivity index (χ1v) is 7.49. The molecule has 24 heavy (non-hydrogen) atoms. The number of benzene rings is 2.